The number of unbranched alkanes of at least 4 members (excludes halogenated alkanes) is 11. The minimum absolute atomic E-state index is 0.0979. The van der Waals surface area contributed by atoms with Crippen LogP contribution in [0.25, 0.3) is 0 Å². The van der Waals surface area contributed by atoms with E-state index in [0.717, 1.165) is 44.9 Å². The average molecular weight is 683 g/mol. The molecule has 0 bridgehead atoms. The van der Waals surface area contributed by atoms with E-state index in [9.17, 15) is 19.3 Å². The van der Waals surface area contributed by atoms with Gasteiger partial charge in [-0.15, -0.1) is 0 Å². The smallest absolute Gasteiger partial charge is 0.462 e. The third-order valence-electron chi connectivity index (χ3n) is 7.09. The Morgan fingerprint density at radius 3 is 2.00 bits per heavy atom. The van der Waals surface area contributed by atoms with Crippen molar-refractivity contribution in [2.45, 2.75) is 148 Å². The van der Waals surface area contributed by atoms with Gasteiger partial charge < -0.3 is 24.4 Å². The topological polar surface area (TPSA) is 140 Å². The first kappa shape index (κ1) is 44.7. The zero-order valence-corrected chi connectivity index (χ0v) is 29.9. The molecular weight excluding hydrogens is 619 g/mol. The summed E-state index contributed by atoms with van der Waals surface area (Å²) in [6.07, 6.45) is 35.5. The summed E-state index contributed by atoms with van der Waals surface area (Å²) in [7, 11) is -4.78. The number of phosphoric acid groups is 1. The molecule has 0 aromatic rings. The number of hydrogen-bond acceptors (Lipinski definition) is 7. The minimum atomic E-state index is -4.78. The normalized spacial score (nSPS) is 13.9. The zero-order chi connectivity index (χ0) is 34.9. The fourth-order valence-electron chi connectivity index (χ4n) is 4.37. The third kappa shape index (κ3) is 34.9. The highest BCUT2D eigenvalue weighted by atomic mass is 31.2. The van der Waals surface area contributed by atoms with Gasteiger partial charge in [0.15, 0.2) is 6.10 Å². The first-order chi connectivity index (χ1) is 22.7. The Morgan fingerprint density at radius 2 is 1.26 bits per heavy atom. The molecule has 0 aliphatic carbocycles. The van der Waals surface area contributed by atoms with Gasteiger partial charge in [-0.05, 0) is 64.2 Å². The molecule has 0 aliphatic heterocycles. The molecule has 0 aliphatic rings. The van der Waals surface area contributed by atoms with Crippen molar-refractivity contribution in [2.75, 3.05) is 13.2 Å². The number of allylic oxidation sites excluding steroid dienone is 8. The van der Waals surface area contributed by atoms with Crippen LogP contribution in [0, 0.1) is 0 Å². The standard InChI is InChI=1S/C37H63O9P/c1-3-5-7-9-11-12-13-14-18-22-26-30-36(39)44-32-35(33-45-47(41,42)43)46-37(40)31-27-23-19-15-17-21-25-29-34(38)28-24-20-16-10-8-6-4-2/h9,11,15-16,19-21,24-25,28,34-35,38H,3-8,10,12-14,17-18,22-23,26-27,29-33H2,1-2H3,(H2,41,42,43)/b11-9-,19-15+,20-16-,25-21-,28-24-/t34-,35+/m0/s1. The summed E-state index contributed by atoms with van der Waals surface area (Å²) >= 11 is 0. The van der Waals surface area contributed by atoms with Crippen molar-refractivity contribution >= 4 is 19.8 Å². The van der Waals surface area contributed by atoms with Gasteiger partial charge in [0, 0.05) is 12.8 Å². The lowest BCUT2D eigenvalue weighted by molar-refractivity contribution is -0.161. The molecule has 0 aromatic carbocycles. The largest absolute Gasteiger partial charge is 0.469 e. The summed E-state index contributed by atoms with van der Waals surface area (Å²) < 4.78 is 26.1. The highest BCUT2D eigenvalue weighted by molar-refractivity contribution is 7.46. The first-order valence-corrected chi connectivity index (χ1v) is 19.2. The second kappa shape index (κ2) is 32.3. The van der Waals surface area contributed by atoms with E-state index in [1.807, 2.05) is 36.5 Å². The van der Waals surface area contributed by atoms with Crippen molar-refractivity contribution in [1.29, 1.82) is 0 Å². The molecule has 0 fully saturated rings. The molecule has 0 spiro atoms. The molecule has 0 heterocycles. The second-order valence-corrected chi connectivity index (χ2v) is 12.9. The number of carbonyl (C=O) groups excluding carboxylic acids is 2. The fraction of sp³-hybridized carbons (Fsp3) is 0.676. The maximum Gasteiger partial charge on any atom is 0.469 e. The van der Waals surface area contributed by atoms with Gasteiger partial charge in [0.25, 0.3) is 0 Å². The molecule has 0 saturated carbocycles. The molecule has 9 nitrogen and oxygen atoms in total. The van der Waals surface area contributed by atoms with E-state index in [2.05, 4.69) is 36.6 Å². The summed E-state index contributed by atoms with van der Waals surface area (Å²) in [5, 5.41) is 10.0. The molecule has 0 unspecified atom stereocenters. The van der Waals surface area contributed by atoms with Crippen LogP contribution in [0.5, 0.6) is 0 Å². The number of rotatable bonds is 31. The predicted octanol–water partition coefficient (Wildman–Crippen LogP) is 9.14. The summed E-state index contributed by atoms with van der Waals surface area (Å²) in [6, 6.07) is 0. The number of carbonyl (C=O) groups is 2. The van der Waals surface area contributed by atoms with Crippen LogP contribution in [0.3, 0.4) is 0 Å². The monoisotopic (exact) mass is 682 g/mol. The number of hydrogen-bond donors (Lipinski definition) is 3. The van der Waals surface area contributed by atoms with Crippen molar-refractivity contribution in [3.8, 4) is 0 Å². The van der Waals surface area contributed by atoms with Crippen LogP contribution in [0.15, 0.2) is 60.8 Å². The van der Waals surface area contributed by atoms with Gasteiger partial charge in [-0.3, -0.25) is 14.1 Å². The number of esters is 2. The maximum absolute atomic E-state index is 12.3. The van der Waals surface area contributed by atoms with Crippen molar-refractivity contribution in [3.63, 3.8) is 0 Å². The van der Waals surface area contributed by atoms with Crippen molar-refractivity contribution in [2.24, 2.45) is 0 Å². The molecule has 47 heavy (non-hydrogen) atoms. The Balaban J connectivity index is 4.21. The van der Waals surface area contributed by atoms with Crippen LogP contribution in [0.4, 0.5) is 0 Å². The molecule has 10 heteroatoms. The van der Waals surface area contributed by atoms with Gasteiger partial charge in [-0.25, -0.2) is 4.57 Å². The van der Waals surface area contributed by atoms with Gasteiger partial charge in [0.1, 0.15) is 6.61 Å². The minimum Gasteiger partial charge on any atom is -0.462 e. The molecular formula is C37H63O9P. The first-order valence-electron chi connectivity index (χ1n) is 17.7. The van der Waals surface area contributed by atoms with E-state index in [1.165, 1.54) is 32.1 Å². The zero-order valence-electron chi connectivity index (χ0n) is 29.0. The van der Waals surface area contributed by atoms with Crippen LogP contribution in [0.2, 0.25) is 0 Å². The van der Waals surface area contributed by atoms with Crippen LogP contribution in [-0.4, -0.2) is 52.3 Å². The molecule has 0 aromatic heterocycles. The molecule has 0 amide bonds. The highest BCUT2D eigenvalue weighted by Crippen LogP contribution is 2.35. The van der Waals surface area contributed by atoms with Crippen LogP contribution < -0.4 is 0 Å². The van der Waals surface area contributed by atoms with Crippen LogP contribution in [-0.2, 0) is 28.2 Å². The van der Waals surface area contributed by atoms with E-state index in [-0.39, 0.29) is 19.4 Å². The molecule has 0 rings (SSSR count). The van der Waals surface area contributed by atoms with Gasteiger partial charge >= 0.3 is 19.8 Å². The number of phosphoric ester groups is 1. The number of ether oxygens (including phenoxy) is 2. The van der Waals surface area contributed by atoms with Gasteiger partial charge in [-0.2, -0.15) is 0 Å². The molecule has 3 N–H and O–H groups in total. The SMILES string of the molecule is CCCC/C=C\CCCCCCCC(=O)OC[C@H](COP(=O)(O)O)OC(=O)CCC/C=C/C/C=C\C[C@@H](O)/C=C\C=C/CCCCC. The van der Waals surface area contributed by atoms with Crippen molar-refractivity contribution in [3.05, 3.63) is 60.8 Å². The van der Waals surface area contributed by atoms with Gasteiger partial charge in [-0.1, -0.05) is 120 Å². The highest BCUT2D eigenvalue weighted by Gasteiger charge is 2.22. The lowest BCUT2D eigenvalue weighted by atomic mass is 10.1. The predicted molar refractivity (Wildman–Crippen MR) is 190 cm³/mol. The Labute approximate surface area is 284 Å². The second-order valence-electron chi connectivity index (χ2n) is 11.7. The van der Waals surface area contributed by atoms with Crippen LogP contribution >= 0.6 is 7.82 Å². The molecule has 0 radical (unpaired) electrons. The fourth-order valence-corrected chi connectivity index (χ4v) is 4.73. The van der Waals surface area contributed by atoms with Crippen molar-refractivity contribution in [1.82, 2.24) is 0 Å². The summed E-state index contributed by atoms with van der Waals surface area (Å²) in [5.74, 6) is -1.01. The molecule has 270 valence electrons. The molecule has 0 saturated heterocycles. The Bertz CT molecular complexity index is 965. The van der Waals surface area contributed by atoms with E-state index >= 15 is 0 Å². The van der Waals surface area contributed by atoms with Gasteiger partial charge in [0.2, 0.25) is 0 Å². The lowest BCUT2D eigenvalue weighted by Crippen LogP contribution is -2.29. The summed E-state index contributed by atoms with van der Waals surface area (Å²) in [4.78, 5) is 42.5. The van der Waals surface area contributed by atoms with E-state index < -0.39 is 38.6 Å². The maximum atomic E-state index is 12.3. The molecule has 2 atom stereocenters. The van der Waals surface area contributed by atoms with E-state index in [4.69, 9.17) is 19.3 Å². The Kier molecular flexibility index (Phi) is 30.7. The van der Waals surface area contributed by atoms with Crippen molar-refractivity contribution < 1.29 is 43.0 Å². The van der Waals surface area contributed by atoms with Gasteiger partial charge in [0.05, 0.1) is 12.7 Å². The number of aliphatic hydroxyl groups excluding tert-OH is 1. The Hall–Kier alpha value is -2.29. The third-order valence-corrected chi connectivity index (χ3v) is 7.57. The average Bonchev–Trinajstić information content (AvgIpc) is 3.03. The van der Waals surface area contributed by atoms with E-state index in [1.54, 1.807) is 6.08 Å². The summed E-state index contributed by atoms with van der Waals surface area (Å²) in [5.41, 5.74) is 0. The van der Waals surface area contributed by atoms with E-state index in [0.29, 0.717) is 32.1 Å². The Morgan fingerprint density at radius 1 is 0.660 bits per heavy atom. The number of aliphatic hydroxyl groups is 1. The van der Waals surface area contributed by atoms with Crippen LogP contribution in [0.1, 0.15) is 136 Å². The summed E-state index contributed by atoms with van der Waals surface area (Å²) in [6.45, 7) is 3.46. The quantitative estimate of drug-likeness (QED) is 0.0215. The lowest BCUT2D eigenvalue weighted by Gasteiger charge is -2.18.